The van der Waals surface area contributed by atoms with E-state index in [1.165, 1.54) is 10.7 Å². The van der Waals surface area contributed by atoms with Crippen LogP contribution in [0.25, 0.3) is 0 Å². The van der Waals surface area contributed by atoms with Crippen LogP contribution in [0.3, 0.4) is 0 Å². The van der Waals surface area contributed by atoms with Gasteiger partial charge in [0.2, 0.25) is 5.91 Å². The Bertz CT molecular complexity index is 1110. The number of carbonyl (C=O) groups excluding carboxylic acids is 2. The largest absolute Gasteiger partial charge is 0.341 e. The van der Waals surface area contributed by atoms with Crippen molar-refractivity contribution in [2.75, 3.05) is 26.2 Å². The molecule has 1 saturated carbocycles. The highest BCUT2D eigenvalue weighted by molar-refractivity contribution is 5.92. The highest BCUT2D eigenvalue weighted by Crippen LogP contribution is 2.62. The van der Waals surface area contributed by atoms with Gasteiger partial charge in [-0.25, -0.2) is 0 Å². The summed E-state index contributed by atoms with van der Waals surface area (Å²) in [5.41, 5.74) is 2.00. The van der Waals surface area contributed by atoms with Crippen LogP contribution in [0.15, 0.2) is 10.9 Å². The number of likely N-dealkylation sites (tertiary alicyclic amines) is 2. The molecule has 4 heterocycles. The summed E-state index contributed by atoms with van der Waals surface area (Å²) in [5.74, 6) is 0.0857. The van der Waals surface area contributed by atoms with Gasteiger partial charge >= 0.3 is 0 Å². The number of fused-ring (bicyclic) bond motifs is 1. The number of rotatable bonds is 2. The van der Waals surface area contributed by atoms with E-state index in [0.29, 0.717) is 25.2 Å². The summed E-state index contributed by atoms with van der Waals surface area (Å²) in [7, 11) is 1.61. The molecule has 2 amide bonds. The van der Waals surface area contributed by atoms with Gasteiger partial charge in [-0.1, -0.05) is 6.42 Å². The average molecular weight is 425 g/mol. The van der Waals surface area contributed by atoms with Crippen molar-refractivity contribution in [3.8, 4) is 0 Å². The maximum absolute atomic E-state index is 13.4. The SMILES string of the molecule is Cn1[nH]c(C(=O)N2CC34CCCC3(C2)CN(C(=O)C2CCc3n[nH]nc3C2)C4)cc1=O. The Morgan fingerprint density at radius 2 is 1.74 bits per heavy atom. The summed E-state index contributed by atoms with van der Waals surface area (Å²) in [5, 5.41) is 13.9. The van der Waals surface area contributed by atoms with Crippen molar-refractivity contribution >= 4 is 11.8 Å². The number of aromatic nitrogens is 5. The van der Waals surface area contributed by atoms with Gasteiger partial charge < -0.3 is 9.80 Å². The summed E-state index contributed by atoms with van der Waals surface area (Å²) in [6, 6.07) is 1.37. The lowest BCUT2D eigenvalue weighted by molar-refractivity contribution is -0.135. The second-order valence-corrected chi connectivity index (χ2v) is 9.99. The normalized spacial score (nSPS) is 31.6. The maximum atomic E-state index is 13.4. The third-order valence-corrected chi connectivity index (χ3v) is 8.35. The smallest absolute Gasteiger partial charge is 0.271 e. The zero-order chi connectivity index (χ0) is 21.4. The first-order chi connectivity index (χ1) is 14.9. The molecule has 3 fully saturated rings. The molecule has 3 unspecified atom stereocenters. The lowest BCUT2D eigenvalue weighted by Gasteiger charge is -2.30. The van der Waals surface area contributed by atoms with Gasteiger partial charge in [-0.15, -0.1) is 0 Å². The van der Waals surface area contributed by atoms with Crippen LogP contribution >= 0.6 is 0 Å². The van der Waals surface area contributed by atoms with Crippen LogP contribution in [0.5, 0.6) is 0 Å². The van der Waals surface area contributed by atoms with E-state index in [0.717, 1.165) is 56.6 Å². The Morgan fingerprint density at radius 3 is 2.42 bits per heavy atom. The number of aryl methyl sites for hydroxylation is 2. The van der Waals surface area contributed by atoms with Crippen LogP contribution < -0.4 is 5.56 Å². The number of H-pyrrole nitrogens is 2. The lowest BCUT2D eigenvalue weighted by atomic mass is 9.71. The first-order valence-corrected chi connectivity index (χ1v) is 11.1. The van der Waals surface area contributed by atoms with Crippen molar-refractivity contribution in [2.24, 2.45) is 23.8 Å². The van der Waals surface area contributed by atoms with E-state index in [1.807, 2.05) is 4.90 Å². The van der Waals surface area contributed by atoms with E-state index in [4.69, 9.17) is 0 Å². The molecule has 2 aliphatic heterocycles. The van der Waals surface area contributed by atoms with Gasteiger partial charge in [-0.05, 0) is 25.7 Å². The second-order valence-electron chi connectivity index (χ2n) is 9.99. The zero-order valence-corrected chi connectivity index (χ0v) is 17.7. The molecule has 164 valence electrons. The lowest BCUT2D eigenvalue weighted by Crippen LogP contribution is -2.42. The molecule has 0 spiro atoms. The zero-order valence-electron chi connectivity index (χ0n) is 17.7. The molecule has 2 aliphatic carbocycles. The molecule has 2 aromatic rings. The molecule has 2 saturated heterocycles. The van der Waals surface area contributed by atoms with Gasteiger partial charge in [-0.3, -0.25) is 24.2 Å². The molecule has 0 bridgehead atoms. The van der Waals surface area contributed by atoms with Gasteiger partial charge in [0.25, 0.3) is 11.5 Å². The number of hydrogen-bond donors (Lipinski definition) is 2. The second kappa shape index (κ2) is 6.30. The monoisotopic (exact) mass is 425 g/mol. The van der Waals surface area contributed by atoms with Crippen molar-refractivity contribution in [3.63, 3.8) is 0 Å². The summed E-state index contributed by atoms with van der Waals surface area (Å²) in [6.07, 6.45) is 5.52. The molecule has 4 aliphatic rings. The van der Waals surface area contributed by atoms with Gasteiger partial charge in [0, 0.05) is 62.5 Å². The van der Waals surface area contributed by atoms with E-state index in [1.54, 1.807) is 7.05 Å². The number of amides is 2. The predicted octanol–water partition coefficient (Wildman–Crippen LogP) is 0.0913. The Kier molecular flexibility index (Phi) is 3.83. The molecule has 10 nitrogen and oxygen atoms in total. The molecule has 0 radical (unpaired) electrons. The Balaban J connectivity index is 1.20. The molecule has 31 heavy (non-hydrogen) atoms. The Hall–Kier alpha value is -2.91. The Morgan fingerprint density at radius 1 is 1.06 bits per heavy atom. The summed E-state index contributed by atoms with van der Waals surface area (Å²) in [4.78, 5) is 42.2. The summed E-state index contributed by atoms with van der Waals surface area (Å²) >= 11 is 0. The van der Waals surface area contributed by atoms with E-state index in [-0.39, 0.29) is 34.1 Å². The fourth-order valence-corrected chi connectivity index (χ4v) is 6.78. The minimum atomic E-state index is -0.209. The van der Waals surface area contributed by atoms with Crippen molar-refractivity contribution in [2.45, 2.75) is 38.5 Å². The van der Waals surface area contributed by atoms with Crippen LogP contribution in [-0.2, 0) is 24.7 Å². The van der Waals surface area contributed by atoms with Crippen LogP contribution in [-0.4, -0.2) is 73.0 Å². The molecular formula is C21H27N7O3. The average Bonchev–Trinajstić information content (AvgIpc) is 3.50. The van der Waals surface area contributed by atoms with E-state index in [9.17, 15) is 14.4 Å². The number of nitrogens with zero attached hydrogens (tertiary/aromatic N) is 5. The molecule has 3 atom stereocenters. The van der Waals surface area contributed by atoms with Gasteiger partial charge in [-0.2, -0.15) is 15.4 Å². The molecule has 2 aromatic heterocycles. The highest BCUT2D eigenvalue weighted by atomic mass is 16.2. The van der Waals surface area contributed by atoms with Gasteiger partial charge in [0.1, 0.15) is 5.69 Å². The van der Waals surface area contributed by atoms with Crippen molar-refractivity contribution in [1.29, 1.82) is 0 Å². The fourth-order valence-electron chi connectivity index (χ4n) is 6.78. The number of aromatic amines is 2. The minimum absolute atomic E-state index is 0.0267. The number of hydrogen-bond acceptors (Lipinski definition) is 5. The van der Waals surface area contributed by atoms with Crippen LogP contribution in [0.4, 0.5) is 0 Å². The first-order valence-electron chi connectivity index (χ1n) is 11.1. The Labute approximate surface area is 179 Å². The first kappa shape index (κ1) is 18.8. The quantitative estimate of drug-likeness (QED) is 0.707. The van der Waals surface area contributed by atoms with Crippen molar-refractivity contribution in [1.82, 2.24) is 35.0 Å². The molecular weight excluding hydrogens is 398 g/mol. The highest BCUT2D eigenvalue weighted by Gasteiger charge is 2.66. The van der Waals surface area contributed by atoms with Crippen LogP contribution in [0.2, 0.25) is 0 Å². The summed E-state index contributed by atoms with van der Waals surface area (Å²) in [6.45, 7) is 2.77. The third kappa shape index (κ3) is 2.59. The van der Waals surface area contributed by atoms with Crippen LogP contribution in [0, 0.1) is 16.7 Å². The van der Waals surface area contributed by atoms with E-state index < -0.39 is 0 Å². The standard InChI is InChI=1S/C21H27N7O3/c1-26-17(29)8-16(24-26)19(31)28-11-20-5-2-6-21(20,12-28)10-27(9-20)18(30)13-3-4-14-15(7-13)23-25-22-14/h8,13,24H,2-7,9-12H2,1H3,(H,22,23,25). The fraction of sp³-hybridized carbons (Fsp3) is 0.667. The van der Waals surface area contributed by atoms with Crippen molar-refractivity contribution < 1.29 is 9.59 Å². The van der Waals surface area contributed by atoms with E-state index in [2.05, 4.69) is 25.4 Å². The third-order valence-electron chi connectivity index (χ3n) is 8.35. The molecule has 0 aromatic carbocycles. The summed E-state index contributed by atoms with van der Waals surface area (Å²) < 4.78 is 1.33. The predicted molar refractivity (Wildman–Crippen MR) is 109 cm³/mol. The topological polar surface area (TPSA) is 120 Å². The van der Waals surface area contributed by atoms with Gasteiger partial charge in [0.05, 0.1) is 11.4 Å². The van der Waals surface area contributed by atoms with Gasteiger partial charge in [0.15, 0.2) is 0 Å². The van der Waals surface area contributed by atoms with Crippen molar-refractivity contribution in [3.05, 3.63) is 33.5 Å². The molecule has 6 rings (SSSR count). The molecule has 10 heteroatoms. The number of nitrogens with one attached hydrogen (secondary N) is 2. The van der Waals surface area contributed by atoms with E-state index >= 15 is 0 Å². The minimum Gasteiger partial charge on any atom is -0.341 e. The number of carbonyl (C=O) groups is 2. The molecule has 2 N–H and O–H groups in total. The maximum Gasteiger partial charge on any atom is 0.271 e. The van der Waals surface area contributed by atoms with Crippen LogP contribution in [0.1, 0.15) is 47.6 Å².